The third kappa shape index (κ3) is 3.69. The molecule has 0 aliphatic rings. The molecule has 2 rings (SSSR count). The fourth-order valence-electron chi connectivity index (χ4n) is 2.24. The largest absolute Gasteiger partial charge is 0.278 e. The molecule has 8 heteroatoms. The van der Waals surface area contributed by atoms with Crippen molar-refractivity contribution in [1.82, 2.24) is 4.72 Å². The number of nitro benzene ring substituents is 1. The molecule has 0 aromatic heterocycles. The van der Waals surface area contributed by atoms with Gasteiger partial charge in [-0.1, -0.05) is 30.2 Å². The molecule has 2 aromatic carbocycles. The van der Waals surface area contributed by atoms with Gasteiger partial charge in [-0.2, -0.15) is 0 Å². The first-order valence-corrected chi connectivity index (χ1v) is 8.67. The van der Waals surface area contributed by atoms with E-state index in [-0.39, 0.29) is 33.3 Å². The molecule has 122 valence electrons. The van der Waals surface area contributed by atoms with Crippen molar-refractivity contribution in [3.05, 3.63) is 57.1 Å². The zero-order chi connectivity index (χ0) is 17.2. The number of nitrogens with one attached hydrogen (secondary N) is 1. The Labute approximate surface area is 139 Å². The van der Waals surface area contributed by atoms with E-state index in [9.17, 15) is 18.5 Å². The average molecular weight is 355 g/mol. The van der Waals surface area contributed by atoms with Gasteiger partial charge >= 0.3 is 0 Å². The Bertz CT molecular complexity index is 866. The molecule has 0 saturated heterocycles. The van der Waals surface area contributed by atoms with Crippen LogP contribution in [0.2, 0.25) is 5.02 Å². The molecular formula is C15H15ClN2O4S. The molecule has 2 aromatic rings. The van der Waals surface area contributed by atoms with Gasteiger partial charge in [-0.25, -0.2) is 13.1 Å². The highest BCUT2D eigenvalue weighted by Gasteiger charge is 2.24. The van der Waals surface area contributed by atoms with E-state index in [1.165, 1.54) is 24.3 Å². The molecular weight excluding hydrogens is 340 g/mol. The summed E-state index contributed by atoms with van der Waals surface area (Å²) >= 11 is 5.82. The highest BCUT2D eigenvalue weighted by atomic mass is 35.5. The minimum absolute atomic E-state index is 0.00428. The van der Waals surface area contributed by atoms with Crippen LogP contribution in [0.1, 0.15) is 12.5 Å². The second-order valence-electron chi connectivity index (χ2n) is 4.92. The third-order valence-corrected chi connectivity index (χ3v) is 5.04. The van der Waals surface area contributed by atoms with Crippen LogP contribution in [0, 0.1) is 17.0 Å². The van der Waals surface area contributed by atoms with E-state index >= 15 is 0 Å². The Morgan fingerprint density at radius 1 is 1.17 bits per heavy atom. The Balaban J connectivity index is 2.79. The fourth-order valence-corrected chi connectivity index (χ4v) is 3.65. The summed E-state index contributed by atoms with van der Waals surface area (Å²) in [5.41, 5.74) is 1.03. The summed E-state index contributed by atoms with van der Waals surface area (Å²) < 4.78 is 27.2. The minimum Gasteiger partial charge on any atom is -0.258 e. The number of hydrogen-bond donors (Lipinski definition) is 1. The predicted molar refractivity (Wildman–Crippen MR) is 89.1 cm³/mol. The van der Waals surface area contributed by atoms with Gasteiger partial charge in [0.05, 0.1) is 15.4 Å². The number of sulfonamides is 1. The van der Waals surface area contributed by atoms with Crippen LogP contribution in [0.4, 0.5) is 5.69 Å². The van der Waals surface area contributed by atoms with E-state index in [4.69, 9.17) is 11.6 Å². The minimum atomic E-state index is -3.76. The summed E-state index contributed by atoms with van der Waals surface area (Å²) in [6.45, 7) is 3.67. The van der Waals surface area contributed by atoms with Crippen LogP contribution in [-0.2, 0) is 10.0 Å². The van der Waals surface area contributed by atoms with E-state index in [1.807, 2.05) is 0 Å². The van der Waals surface area contributed by atoms with Crippen LogP contribution in [-0.4, -0.2) is 19.9 Å². The zero-order valence-corrected chi connectivity index (χ0v) is 14.1. The van der Waals surface area contributed by atoms with Gasteiger partial charge < -0.3 is 0 Å². The number of rotatable bonds is 5. The molecule has 0 heterocycles. The van der Waals surface area contributed by atoms with Crippen molar-refractivity contribution < 1.29 is 13.3 Å². The van der Waals surface area contributed by atoms with Crippen LogP contribution >= 0.6 is 11.6 Å². The zero-order valence-electron chi connectivity index (χ0n) is 12.5. The third-order valence-electron chi connectivity index (χ3n) is 3.21. The summed E-state index contributed by atoms with van der Waals surface area (Å²) in [5, 5.41) is 11.5. The van der Waals surface area contributed by atoms with Crippen LogP contribution in [0.15, 0.2) is 41.3 Å². The number of benzene rings is 2. The van der Waals surface area contributed by atoms with E-state index in [2.05, 4.69) is 4.72 Å². The van der Waals surface area contributed by atoms with Gasteiger partial charge in [0.15, 0.2) is 0 Å². The maximum atomic E-state index is 12.4. The Morgan fingerprint density at radius 3 is 2.48 bits per heavy atom. The molecule has 0 unspecified atom stereocenters. The van der Waals surface area contributed by atoms with Crippen molar-refractivity contribution in [3.8, 4) is 11.1 Å². The maximum Gasteiger partial charge on any atom is 0.278 e. The fraction of sp³-hybridized carbons (Fsp3) is 0.200. The number of nitrogens with zero attached hydrogens (tertiary/aromatic N) is 1. The summed E-state index contributed by atoms with van der Waals surface area (Å²) in [7, 11) is -3.76. The Hall–Kier alpha value is -1.96. The SMILES string of the molecule is CCNS(=O)(=O)c1ccc(C)cc1-c1ccc(Cl)cc1[N+](=O)[O-]. The van der Waals surface area contributed by atoms with Crippen molar-refractivity contribution in [2.24, 2.45) is 0 Å². The predicted octanol–water partition coefficient (Wildman–Crippen LogP) is 3.52. The first-order chi connectivity index (χ1) is 10.8. The van der Waals surface area contributed by atoms with Crippen molar-refractivity contribution >= 4 is 27.3 Å². The molecule has 0 fully saturated rings. The lowest BCUT2D eigenvalue weighted by molar-refractivity contribution is -0.384. The Kier molecular flexibility index (Phi) is 5.03. The molecule has 0 aliphatic carbocycles. The first-order valence-electron chi connectivity index (χ1n) is 6.81. The molecule has 0 aliphatic heterocycles. The lowest BCUT2D eigenvalue weighted by atomic mass is 10.0. The summed E-state index contributed by atoms with van der Waals surface area (Å²) in [5.74, 6) is 0. The smallest absolute Gasteiger partial charge is 0.258 e. The maximum absolute atomic E-state index is 12.4. The topological polar surface area (TPSA) is 89.3 Å². The summed E-state index contributed by atoms with van der Waals surface area (Å²) in [4.78, 5) is 10.7. The summed E-state index contributed by atoms with van der Waals surface area (Å²) in [6.07, 6.45) is 0. The van der Waals surface area contributed by atoms with Gasteiger partial charge in [-0.15, -0.1) is 0 Å². The molecule has 0 saturated carbocycles. The van der Waals surface area contributed by atoms with Gasteiger partial charge in [0.25, 0.3) is 5.69 Å². The molecule has 1 N–H and O–H groups in total. The average Bonchev–Trinajstić information content (AvgIpc) is 2.46. The first kappa shape index (κ1) is 17.4. The quantitative estimate of drug-likeness (QED) is 0.657. The second-order valence-corrected chi connectivity index (χ2v) is 7.09. The summed E-state index contributed by atoms with van der Waals surface area (Å²) in [6, 6.07) is 8.87. The van der Waals surface area contributed by atoms with Gasteiger partial charge in [0.1, 0.15) is 0 Å². The van der Waals surface area contributed by atoms with Crippen molar-refractivity contribution in [3.63, 3.8) is 0 Å². The molecule has 0 atom stereocenters. The highest BCUT2D eigenvalue weighted by Crippen LogP contribution is 2.36. The molecule has 23 heavy (non-hydrogen) atoms. The molecule has 0 radical (unpaired) electrons. The van der Waals surface area contributed by atoms with Gasteiger partial charge in [0.2, 0.25) is 10.0 Å². The number of aryl methyl sites for hydroxylation is 1. The van der Waals surface area contributed by atoms with Gasteiger partial charge in [0, 0.05) is 23.2 Å². The van der Waals surface area contributed by atoms with Crippen molar-refractivity contribution in [1.29, 1.82) is 0 Å². The van der Waals surface area contributed by atoms with Crippen LogP contribution in [0.5, 0.6) is 0 Å². The van der Waals surface area contributed by atoms with E-state index in [0.717, 1.165) is 5.56 Å². The molecule has 0 bridgehead atoms. The monoisotopic (exact) mass is 354 g/mol. The van der Waals surface area contributed by atoms with Crippen LogP contribution in [0.25, 0.3) is 11.1 Å². The van der Waals surface area contributed by atoms with E-state index < -0.39 is 14.9 Å². The standard InChI is InChI=1S/C15H15ClN2O4S/c1-3-17-23(21,22)15-7-4-10(2)8-13(15)12-6-5-11(16)9-14(12)18(19)20/h4-9,17H,3H2,1-2H3. The van der Waals surface area contributed by atoms with E-state index in [0.29, 0.717) is 0 Å². The van der Waals surface area contributed by atoms with Crippen LogP contribution in [0.3, 0.4) is 0 Å². The van der Waals surface area contributed by atoms with Crippen molar-refractivity contribution in [2.75, 3.05) is 6.54 Å². The molecule has 0 amide bonds. The van der Waals surface area contributed by atoms with E-state index in [1.54, 1.807) is 26.0 Å². The number of hydrogen-bond acceptors (Lipinski definition) is 4. The Morgan fingerprint density at radius 2 is 1.87 bits per heavy atom. The van der Waals surface area contributed by atoms with Crippen LogP contribution < -0.4 is 4.72 Å². The van der Waals surface area contributed by atoms with Crippen molar-refractivity contribution in [2.45, 2.75) is 18.7 Å². The second kappa shape index (κ2) is 6.66. The lowest BCUT2D eigenvalue weighted by Gasteiger charge is -2.12. The normalized spacial score (nSPS) is 11.4. The lowest BCUT2D eigenvalue weighted by Crippen LogP contribution is -2.23. The molecule has 6 nitrogen and oxygen atoms in total. The van der Waals surface area contributed by atoms with Gasteiger partial charge in [-0.05, 0) is 31.2 Å². The highest BCUT2D eigenvalue weighted by molar-refractivity contribution is 7.89. The van der Waals surface area contributed by atoms with Gasteiger partial charge in [-0.3, -0.25) is 10.1 Å². The number of halogens is 1. The molecule has 0 spiro atoms. The number of nitro groups is 1.